The number of hydrogen-bond donors (Lipinski definition) is 1. The van der Waals surface area contributed by atoms with Gasteiger partial charge in [0.05, 0.1) is 0 Å². The average molecular weight is 540 g/mol. The topological polar surface area (TPSA) is 84.1 Å². The minimum absolute atomic E-state index is 0.143. The summed E-state index contributed by atoms with van der Waals surface area (Å²) < 4.78 is 7.56. The van der Waals surface area contributed by atoms with Crippen LogP contribution < -0.4 is 4.74 Å². The fraction of sp³-hybridized carbons (Fsp3) is 0.129. The highest BCUT2D eigenvalue weighted by molar-refractivity contribution is 6.30. The molecule has 0 aliphatic rings. The summed E-state index contributed by atoms with van der Waals surface area (Å²) >= 11 is 6.00. The van der Waals surface area contributed by atoms with Gasteiger partial charge >= 0.3 is 5.97 Å². The molecule has 5 rings (SSSR count). The number of likely N-dealkylation sites (N-methyl/N-ethyl adjacent to an activating group) is 1. The van der Waals surface area contributed by atoms with Crippen molar-refractivity contribution in [2.75, 3.05) is 7.05 Å². The van der Waals surface area contributed by atoms with Gasteiger partial charge in [-0.25, -0.2) is 9.78 Å². The predicted octanol–water partition coefficient (Wildman–Crippen LogP) is 6.00. The van der Waals surface area contributed by atoms with Crippen LogP contribution in [0.2, 0.25) is 5.02 Å². The van der Waals surface area contributed by atoms with Crippen LogP contribution in [0.3, 0.4) is 0 Å². The van der Waals surface area contributed by atoms with Crippen molar-refractivity contribution in [3.8, 4) is 16.9 Å². The highest BCUT2D eigenvalue weighted by Gasteiger charge is 2.29. The molecular formula is C31H26ClN3O4. The molecule has 0 fully saturated rings. The van der Waals surface area contributed by atoms with Gasteiger partial charge in [-0.3, -0.25) is 4.79 Å². The minimum atomic E-state index is -1.09. The van der Waals surface area contributed by atoms with E-state index in [1.165, 1.54) is 11.9 Å². The Labute approximate surface area is 230 Å². The largest absolute Gasteiger partial charge is 0.489 e. The van der Waals surface area contributed by atoms with Gasteiger partial charge in [-0.1, -0.05) is 66.2 Å². The molecule has 8 heteroatoms. The van der Waals surface area contributed by atoms with Crippen molar-refractivity contribution in [2.45, 2.75) is 19.1 Å². The standard InChI is InChI=1S/C31H26ClN3O4/c1-34(28(31(37)38)17-21-7-13-26(14-8-21)39-20-22-5-3-2-4-6-22)30(36)27-19-35-16-15-24(18-29(35)33-27)23-9-11-25(32)12-10-23/h2-16,18-19,28H,17,20H2,1H3,(H,37,38). The number of ether oxygens (including phenoxy) is 1. The van der Waals surface area contributed by atoms with E-state index in [0.29, 0.717) is 23.0 Å². The van der Waals surface area contributed by atoms with E-state index in [1.807, 2.05) is 85.1 Å². The molecule has 1 unspecified atom stereocenters. The molecule has 1 amide bonds. The molecule has 0 radical (unpaired) electrons. The van der Waals surface area contributed by atoms with Gasteiger partial charge in [0, 0.05) is 30.9 Å². The first-order valence-corrected chi connectivity index (χ1v) is 12.8. The van der Waals surface area contributed by atoms with E-state index in [4.69, 9.17) is 16.3 Å². The summed E-state index contributed by atoms with van der Waals surface area (Å²) in [6, 6.07) is 27.3. The number of hydrogen-bond acceptors (Lipinski definition) is 4. The van der Waals surface area contributed by atoms with Crippen LogP contribution in [0.1, 0.15) is 21.6 Å². The number of rotatable bonds is 9. The predicted molar refractivity (Wildman–Crippen MR) is 150 cm³/mol. The smallest absolute Gasteiger partial charge is 0.326 e. The first-order valence-electron chi connectivity index (χ1n) is 12.4. The minimum Gasteiger partial charge on any atom is -0.489 e. The van der Waals surface area contributed by atoms with E-state index in [0.717, 1.165) is 22.3 Å². The van der Waals surface area contributed by atoms with Gasteiger partial charge in [-0.2, -0.15) is 0 Å². The lowest BCUT2D eigenvalue weighted by Crippen LogP contribution is -2.44. The lowest BCUT2D eigenvalue weighted by molar-refractivity contribution is -0.141. The second-order valence-corrected chi connectivity index (χ2v) is 9.64. The molecule has 2 aromatic heterocycles. The molecule has 0 bridgehead atoms. The Morgan fingerprint density at radius 3 is 2.36 bits per heavy atom. The summed E-state index contributed by atoms with van der Waals surface area (Å²) in [6.45, 7) is 0.440. The Bertz CT molecular complexity index is 1600. The average Bonchev–Trinajstić information content (AvgIpc) is 3.39. The van der Waals surface area contributed by atoms with Gasteiger partial charge < -0.3 is 19.1 Å². The Hall–Kier alpha value is -4.62. The molecule has 0 aliphatic carbocycles. The van der Waals surface area contributed by atoms with Gasteiger partial charge in [0.1, 0.15) is 29.7 Å². The number of halogens is 1. The van der Waals surface area contributed by atoms with Crippen molar-refractivity contribution >= 4 is 29.1 Å². The normalized spacial score (nSPS) is 11.7. The molecule has 0 saturated heterocycles. The summed E-state index contributed by atoms with van der Waals surface area (Å²) in [5, 5.41) is 10.6. The second kappa shape index (κ2) is 11.4. The molecule has 196 valence electrons. The number of aromatic nitrogens is 2. The molecule has 1 N–H and O–H groups in total. The maximum atomic E-state index is 13.3. The fourth-order valence-electron chi connectivity index (χ4n) is 4.30. The number of pyridine rings is 1. The van der Waals surface area contributed by atoms with Crippen molar-refractivity contribution in [1.82, 2.24) is 14.3 Å². The summed E-state index contributed by atoms with van der Waals surface area (Å²) in [6.07, 6.45) is 3.57. The van der Waals surface area contributed by atoms with Crippen LogP contribution in [0.4, 0.5) is 0 Å². The van der Waals surface area contributed by atoms with Crippen molar-refractivity contribution in [1.29, 1.82) is 0 Å². The number of amides is 1. The Balaban J connectivity index is 1.28. The van der Waals surface area contributed by atoms with Crippen molar-refractivity contribution in [3.05, 3.63) is 125 Å². The number of carbonyl (C=O) groups is 2. The number of carbonyl (C=O) groups excluding carboxylic acids is 1. The highest BCUT2D eigenvalue weighted by Crippen LogP contribution is 2.23. The van der Waals surface area contributed by atoms with Crippen LogP contribution in [0.5, 0.6) is 5.75 Å². The maximum Gasteiger partial charge on any atom is 0.326 e. The molecule has 3 aromatic carbocycles. The first-order chi connectivity index (χ1) is 18.9. The zero-order valence-electron chi connectivity index (χ0n) is 21.2. The summed E-state index contributed by atoms with van der Waals surface area (Å²) in [7, 11) is 1.49. The van der Waals surface area contributed by atoms with E-state index >= 15 is 0 Å². The number of imidazole rings is 1. The van der Waals surface area contributed by atoms with Crippen LogP contribution in [-0.2, 0) is 17.8 Å². The van der Waals surface area contributed by atoms with Crippen LogP contribution in [-0.4, -0.2) is 44.4 Å². The van der Waals surface area contributed by atoms with Gasteiger partial charge in [0.15, 0.2) is 0 Å². The number of fused-ring (bicyclic) bond motifs is 1. The fourth-order valence-corrected chi connectivity index (χ4v) is 4.43. The summed E-state index contributed by atoms with van der Waals surface area (Å²) in [5.41, 5.74) is 4.48. The van der Waals surface area contributed by atoms with Crippen molar-refractivity contribution in [3.63, 3.8) is 0 Å². The SMILES string of the molecule is CN(C(=O)c1cn2ccc(-c3ccc(Cl)cc3)cc2n1)C(Cc1ccc(OCc2ccccc2)cc1)C(=O)O. The highest BCUT2D eigenvalue weighted by atomic mass is 35.5. The van der Waals surface area contributed by atoms with E-state index in [1.54, 1.807) is 22.7 Å². The molecule has 2 heterocycles. The Morgan fingerprint density at radius 1 is 0.949 bits per heavy atom. The van der Waals surface area contributed by atoms with E-state index in [9.17, 15) is 14.7 Å². The number of aliphatic carboxylic acids is 1. The van der Waals surface area contributed by atoms with Gasteiger partial charge in [0.2, 0.25) is 0 Å². The van der Waals surface area contributed by atoms with Crippen LogP contribution in [0.15, 0.2) is 103 Å². The third-order valence-electron chi connectivity index (χ3n) is 6.53. The van der Waals surface area contributed by atoms with Gasteiger partial charge in [0.25, 0.3) is 5.91 Å². The van der Waals surface area contributed by atoms with Crippen LogP contribution >= 0.6 is 11.6 Å². The molecular weight excluding hydrogens is 514 g/mol. The lowest BCUT2D eigenvalue weighted by atomic mass is 10.0. The lowest BCUT2D eigenvalue weighted by Gasteiger charge is -2.24. The van der Waals surface area contributed by atoms with E-state index in [-0.39, 0.29) is 12.1 Å². The van der Waals surface area contributed by atoms with E-state index < -0.39 is 17.9 Å². The van der Waals surface area contributed by atoms with Crippen LogP contribution in [0.25, 0.3) is 16.8 Å². The second-order valence-electron chi connectivity index (χ2n) is 9.21. The zero-order valence-corrected chi connectivity index (χ0v) is 22.0. The van der Waals surface area contributed by atoms with E-state index in [2.05, 4.69) is 4.98 Å². The number of carboxylic acid groups (broad SMARTS) is 1. The number of carboxylic acids is 1. The summed E-state index contributed by atoms with van der Waals surface area (Å²) in [5.74, 6) is -0.882. The van der Waals surface area contributed by atoms with Gasteiger partial charge in [-0.15, -0.1) is 0 Å². The molecule has 5 aromatic rings. The summed E-state index contributed by atoms with van der Waals surface area (Å²) in [4.78, 5) is 31.1. The first kappa shape index (κ1) is 26.0. The molecule has 0 spiro atoms. The number of nitrogens with zero attached hydrogens (tertiary/aromatic N) is 3. The third kappa shape index (κ3) is 6.10. The molecule has 1 atom stereocenters. The van der Waals surface area contributed by atoms with Gasteiger partial charge in [-0.05, 0) is 58.7 Å². The van der Waals surface area contributed by atoms with Crippen molar-refractivity contribution in [2.24, 2.45) is 0 Å². The number of benzene rings is 3. The Kier molecular flexibility index (Phi) is 7.61. The zero-order chi connectivity index (χ0) is 27.4. The van der Waals surface area contributed by atoms with Crippen molar-refractivity contribution < 1.29 is 19.4 Å². The maximum absolute atomic E-state index is 13.3. The Morgan fingerprint density at radius 2 is 1.67 bits per heavy atom. The monoisotopic (exact) mass is 539 g/mol. The molecule has 0 saturated carbocycles. The van der Waals surface area contributed by atoms with Crippen LogP contribution in [0, 0.1) is 0 Å². The third-order valence-corrected chi connectivity index (χ3v) is 6.78. The molecule has 39 heavy (non-hydrogen) atoms. The molecule has 7 nitrogen and oxygen atoms in total. The quantitative estimate of drug-likeness (QED) is 0.248. The molecule has 0 aliphatic heterocycles.